The maximum absolute atomic E-state index is 12.5. The van der Waals surface area contributed by atoms with Gasteiger partial charge in [0.15, 0.2) is 15.1 Å². The number of nitrogens with one attached hydrogen (secondary N) is 1. The predicted octanol–water partition coefficient (Wildman–Crippen LogP) is 3.15. The molecule has 2 heterocycles. The van der Waals surface area contributed by atoms with Crippen molar-refractivity contribution in [3.63, 3.8) is 0 Å². The molecular weight excluding hydrogens is 330 g/mol. The molecule has 3 rings (SSSR count). The second-order valence-corrected chi connectivity index (χ2v) is 8.55. The number of hydrogen-bond donors (Lipinski definition) is 1. The fraction of sp³-hybridized carbons (Fsp3) is 0.615. The lowest BCUT2D eigenvalue weighted by atomic mass is 9.81. The number of imidazole rings is 1. The predicted molar refractivity (Wildman–Crippen MR) is 84.4 cm³/mol. The summed E-state index contributed by atoms with van der Waals surface area (Å²) >= 11 is 7.36. The van der Waals surface area contributed by atoms with Gasteiger partial charge in [0, 0.05) is 18.1 Å². The van der Waals surface area contributed by atoms with Crippen LogP contribution in [0.15, 0.2) is 16.6 Å². The Morgan fingerprint density at radius 2 is 2.24 bits per heavy atom. The van der Waals surface area contributed by atoms with Gasteiger partial charge < -0.3 is 0 Å². The van der Waals surface area contributed by atoms with Crippen molar-refractivity contribution in [2.24, 2.45) is 11.8 Å². The van der Waals surface area contributed by atoms with Crippen molar-refractivity contribution in [2.45, 2.75) is 37.6 Å². The summed E-state index contributed by atoms with van der Waals surface area (Å²) in [5.74, 6) is 0.960. The summed E-state index contributed by atoms with van der Waals surface area (Å²) < 4.78 is 29.3. The van der Waals surface area contributed by atoms with Gasteiger partial charge in [0.25, 0.3) is 10.0 Å². The van der Waals surface area contributed by atoms with Gasteiger partial charge >= 0.3 is 0 Å². The molecule has 2 atom stereocenters. The van der Waals surface area contributed by atoms with Crippen LogP contribution in [-0.4, -0.2) is 24.3 Å². The van der Waals surface area contributed by atoms with E-state index in [1.165, 1.54) is 35.0 Å². The molecule has 2 aromatic rings. The summed E-state index contributed by atoms with van der Waals surface area (Å²) in [6.45, 7) is 2.66. The van der Waals surface area contributed by atoms with Crippen LogP contribution in [0.3, 0.4) is 0 Å². The first-order chi connectivity index (χ1) is 9.99. The highest BCUT2D eigenvalue weighted by atomic mass is 35.5. The van der Waals surface area contributed by atoms with E-state index in [1.807, 2.05) is 0 Å². The zero-order valence-corrected chi connectivity index (χ0v) is 14.1. The van der Waals surface area contributed by atoms with E-state index in [4.69, 9.17) is 11.6 Å². The van der Waals surface area contributed by atoms with Crippen LogP contribution in [0.4, 0.5) is 0 Å². The molecule has 0 radical (unpaired) electrons. The van der Waals surface area contributed by atoms with Crippen molar-refractivity contribution in [3.8, 4) is 0 Å². The van der Waals surface area contributed by atoms with Crippen molar-refractivity contribution < 1.29 is 8.42 Å². The fourth-order valence-electron chi connectivity index (χ4n) is 2.96. The van der Waals surface area contributed by atoms with Gasteiger partial charge in [-0.1, -0.05) is 37.8 Å². The standard InChI is InChI=1S/C13H18ClN3O2S2/c1-9-4-2-3-5-10(9)8-15-21(18,19)12-11(14)16-13-17(12)6-7-20-13/h6-7,9-10,15H,2-5,8H2,1H3. The molecule has 0 saturated heterocycles. The number of thiazole rings is 1. The lowest BCUT2D eigenvalue weighted by Crippen LogP contribution is -2.34. The number of halogens is 1. The summed E-state index contributed by atoms with van der Waals surface area (Å²) in [7, 11) is -3.64. The minimum atomic E-state index is -3.64. The van der Waals surface area contributed by atoms with E-state index in [-0.39, 0.29) is 10.2 Å². The first-order valence-corrected chi connectivity index (χ1v) is 9.84. The van der Waals surface area contributed by atoms with Gasteiger partial charge in [0.1, 0.15) is 0 Å². The van der Waals surface area contributed by atoms with Gasteiger partial charge in [0.05, 0.1) is 0 Å². The third kappa shape index (κ3) is 2.97. The van der Waals surface area contributed by atoms with Gasteiger partial charge in [-0.3, -0.25) is 4.40 Å². The maximum Gasteiger partial charge on any atom is 0.259 e. The Hall–Kier alpha value is -0.630. The van der Waals surface area contributed by atoms with Crippen molar-refractivity contribution in [3.05, 3.63) is 16.7 Å². The third-order valence-corrected chi connectivity index (χ3v) is 6.84. The highest BCUT2D eigenvalue weighted by Crippen LogP contribution is 2.30. The molecule has 1 saturated carbocycles. The van der Waals surface area contributed by atoms with E-state index < -0.39 is 10.0 Å². The summed E-state index contributed by atoms with van der Waals surface area (Å²) in [4.78, 5) is 4.67. The molecule has 0 aliphatic heterocycles. The SMILES string of the molecule is CC1CCCCC1CNS(=O)(=O)c1c(Cl)nc2sccn12. The molecule has 1 aliphatic rings. The van der Waals surface area contributed by atoms with E-state index in [0.29, 0.717) is 23.3 Å². The third-order valence-electron chi connectivity index (χ3n) is 4.26. The lowest BCUT2D eigenvalue weighted by molar-refractivity contribution is 0.257. The molecule has 116 valence electrons. The topological polar surface area (TPSA) is 63.5 Å². The zero-order chi connectivity index (χ0) is 15.0. The van der Waals surface area contributed by atoms with E-state index >= 15 is 0 Å². The van der Waals surface area contributed by atoms with Crippen molar-refractivity contribution in [2.75, 3.05) is 6.54 Å². The van der Waals surface area contributed by atoms with Gasteiger partial charge in [-0.2, -0.15) is 0 Å². The average molecular weight is 348 g/mol. The second kappa shape index (κ2) is 5.87. The van der Waals surface area contributed by atoms with E-state index in [9.17, 15) is 8.42 Å². The molecule has 8 heteroatoms. The molecule has 0 spiro atoms. The van der Waals surface area contributed by atoms with Crippen LogP contribution in [-0.2, 0) is 10.0 Å². The Morgan fingerprint density at radius 3 is 3.00 bits per heavy atom. The van der Waals surface area contributed by atoms with Crippen LogP contribution in [0, 0.1) is 11.8 Å². The normalized spacial score (nSPS) is 23.7. The highest BCUT2D eigenvalue weighted by Gasteiger charge is 2.28. The number of aromatic nitrogens is 2. The average Bonchev–Trinajstić information content (AvgIpc) is 2.97. The quantitative estimate of drug-likeness (QED) is 0.924. The first-order valence-electron chi connectivity index (χ1n) is 7.10. The molecule has 1 fully saturated rings. The molecule has 0 bridgehead atoms. The summed E-state index contributed by atoms with van der Waals surface area (Å²) in [6.07, 6.45) is 6.36. The minimum absolute atomic E-state index is 0.0334. The van der Waals surface area contributed by atoms with E-state index in [2.05, 4.69) is 16.6 Å². The largest absolute Gasteiger partial charge is 0.279 e. The Morgan fingerprint density at radius 1 is 1.48 bits per heavy atom. The molecule has 21 heavy (non-hydrogen) atoms. The fourth-order valence-corrected chi connectivity index (χ4v) is 5.50. The molecule has 2 aromatic heterocycles. The number of rotatable bonds is 4. The Bertz CT molecular complexity index is 738. The maximum atomic E-state index is 12.5. The molecule has 0 aromatic carbocycles. The molecule has 2 unspecified atom stereocenters. The lowest BCUT2D eigenvalue weighted by Gasteiger charge is -2.28. The Balaban J connectivity index is 1.80. The van der Waals surface area contributed by atoms with Crippen LogP contribution >= 0.6 is 22.9 Å². The molecular formula is C13H18ClN3O2S2. The smallest absolute Gasteiger partial charge is 0.259 e. The molecule has 1 aliphatic carbocycles. The van der Waals surface area contributed by atoms with Gasteiger partial charge in [-0.25, -0.2) is 18.1 Å². The second-order valence-electron chi connectivity index (χ2n) is 5.64. The van der Waals surface area contributed by atoms with Crippen LogP contribution in [0.5, 0.6) is 0 Å². The molecule has 5 nitrogen and oxygen atoms in total. The minimum Gasteiger partial charge on any atom is -0.279 e. The van der Waals surface area contributed by atoms with E-state index in [1.54, 1.807) is 11.6 Å². The van der Waals surface area contributed by atoms with Crippen LogP contribution < -0.4 is 4.72 Å². The van der Waals surface area contributed by atoms with Crippen LogP contribution in [0.1, 0.15) is 32.6 Å². The van der Waals surface area contributed by atoms with Crippen LogP contribution in [0.25, 0.3) is 4.96 Å². The van der Waals surface area contributed by atoms with Crippen molar-refractivity contribution in [1.82, 2.24) is 14.1 Å². The number of nitrogens with zero attached hydrogens (tertiary/aromatic N) is 2. The number of hydrogen-bond acceptors (Lipinski definition) is 4. The van der Waals surface area contributed by atoms with Gasteiger partial charge in [-0.05, 0) is 18.3 Å². The molecule has 0 amide bonds. The van der Waals surface area contributed by atoms with Crippen molar-refractivity contribution in [1.29, 1.82) is 0 Å². The van der Waals surface area contributed by atoms with Gasteiger partial charge in [-0.15, -0.1) is 11.3 Å². The monoisotopic (exact) mass is 347 g/mol. The Kier molecular flexibility index (Phi) is 4.27. The summed E-state index contributed by atoms with van der Waals surface area (Å²) in [6, 6.07) is 0. The Labute approximate surface area is 133 Å². The van der Waals surface area contributed by atoms with Crippen LogP contribution in [0.2, 0.25) is 5.15 Å². The number of fused-ring (bicyclic) bond motifs is 1. The van der Waals surface area contributed by atoms with Crippen molar-refractivity contribution >= 4 is 37.9 Å². The zero-order valence-electron chi connectivity index (χ0n) is 11.8. The first kappa shape index (κ1) is 15.3. The number of sulfonamides is 1. The van der Waals surface area contributed by atoms with Gasteiger partial charge in [0.2, 0.25) is 0 Å². The molecule has 1 N–H and O–H groups in total. The highest BCUT2D eigenvalue weighted by molar-refractivity contribution is 7.89. The van der Waals surface area contributed by atoms with E-state index in [0.717, 1.165) is 6.42 Å². The summed E-state index contributed by atoms with van der Waals surface area (Å²) in [5.41, 5.74) is 0. The summed E-state index contributed by atoms with van der Waals surface area (Å²) in [5, 5.41) is 1.87.